The fourth-order valence-electron chi connectivity index (χ4n) is 1.60. The predicted molar refractivity (Wildman–Crippen MR) is 70.4 cm³/mol. The molecule has 1 atom stereocenters. The Morgan fingerprint density at radius 2 is 2.16 bits per heavy atom. The first-order valence-corrected chi connectivity index (χ1v) is 6.00. The summed E-state index contributed by atoms with van der Waals surface area (Å²) in [5, 5.41) is 11.8. The third kappa shape index (κ3) is 5.08. The fraction of sp³-hybridized carbons (Fsp3) is 0.429. The zero-order chi connectivity index (χ0) is 14.1. The number of methoxy groups -OCH3 is 1. The van der Waals surface area contributed by atoms with Gasteiger partial charge in [0.25, 0.3) is 0 Å². The van der Waals surface area contributed by atoms with E-state index < -0.39 is 6.04 Å². The Labute approximate surface area is 113 Å². The molecule has 1 aromatic carbocycles. The second-order valence-corrected chi connectivity index (χ2v) is 4.03. The Morgan fingerprint density at radius 3 is 2.79 bits per heavy atom. The highest BCUT2D eigenvalue weighted by Crippen LogP contribution is 2.16. The third-order valence-corrected chi connectivity index (χ3v) is 2.60. The molecule has 19 heavy (non-hydrogen) atoms. The van der Waals surface area contributed by atoms with Crippen LogP contribution in [0.15, 0.2) is 24.3 Å². The van der Waals surface area contributed by atoms with Crippen LogP contribution in [0.5, 0.6) is 0 Å². The number of ether oxygens (including phenoxy) is 2. The van der Waals surface area contributed by atoms with Crippen LogP contribution < -0.4 is 5.32 Å². The van der Waals surface area contributed by atoms with E-state index >= 15 is 0 Å². The van der Waals surface area contributed by atoms with Gasteiger partial charge in [0.1, 0.15) is 12.6 Å². The number of nitrogens with zero attached hydrogens (tertiary/aromatic N) is 1. The Hall–Kier alpha value is -1.90. The normalized spacial score (nSPS) is 11.6. The molecule has 0 heterocycles. The van der Waals surface area contributed by atoms with E-state index in [9.17, 15) is 4.79 Å². The number of nitriles is 1. The molecule has 0 aliphatic rings. The molecule has 1 N–H and O–H groups in total. The number of carbonyl (C=O) groups is 1. The van der Waals surface area contributed by atoms with Gasteiger partial charge in [0.05, 0.1) is 19.3 Å². The van der Waals surface area contributed by atoms with Gasteiger partial charge in [-0.05, 0) is 18.1 Å². The lowest BCUT2D eigenvalue weighted by atomic mass is 10.0. The van der Waals surface area contributed by atoms with E-state index in [0.29, 0.717) is 13.2 Å². The second-order valence-electron chi connectivity index (χ2n) is 4.03. The number of carbonyl (C=O) groups excluding carboxylic acids is 1. The van der Waals surface area contributed by atoms with Crippen LogP contribution >= 0.6 is 0 Å². The molecule has 0 aliphatic carbocycles. The number of nitrogens with one attached hydrogen (secondary N) is 1. The highest BCUT2D eigenvalue weighted by atomic mass is 16.5. The predicted octanol–water partition coefficient (Wildman–Crippen LogP) is 1.34. The molecule has 0 saturated heterocycles. The van der Waals surface area contributed by atoms with Crippen molar-refractivity contribution in [2.45, 2.75) is 13.0 Å². The maximum Gasteiger partial charge on any atom is 0.247 e. The largest absolute Gasteiger partial charge is 0.382 e. The Bertz CT molecular complexity index is 454. The summed E-state index contributed by atoms with van der Waals surface area (Å²) in [5.74, 6) is -0.314. The average molecular weight is 262 g/mol. The molecule has 0 aliphatic heterocycles. The van der Waals surface area contributed by atoms with Gasteiger partial charge in [0.2, 0.25) is 5.91 Å². The Morgan fingerprint density at radius 1 is 1.42 bits per heavy atom. The van der Waals surface area contributed by atoms with E-state index in [0.717, 1.165) is 11.1 Å². The van der Waals surface area contributed by atoms with Crippen molar-refractivity contribution < 1.29 is 14.3 Å². The molecule has 0 unspecified atom stereocenters. The van der Waals surface area contributed by atoms with E-state index in [-0.39, 0.29) is 12.5 Å². The quantitative estimate of drug-likeness (QED) is 0.753. The second kappa shape index (κ2) is 8.25. The topological polar surface area (TPSA) is 71.3 Å². The summed E-state index contributed by atoms with van der Waals surface area (Å²) in [4.78, 5) is 11.6. The van der Waals surface area contributed by atoms with E-state index in [4.69, 9.17) is 14.7 Å². The number of benzene rings is 1. The molecule has 0 spiro atoms. The zero-order valence-corrected chi connectivity index (χ0v) is 11.2. The summed E-state index contributed by atoms with van der Waals surface area (Å²) in [5.41, 5.74) is 1.77. The van der Waals surface area contributed by atoms with Crippen molar-refractivity contribution in [1.82, 2.24) is 5.32 Å². The first-order valence-electron chi connectivity index (χ1n) is 6.00. The molecule has 0 aromatic heterocycles. The lowest BCUT2D eigenvalue weighted by Gasteiger charge is -2.14. The van der Waals surface area contributed by atoms with Gasteiger partial charge < -0.3 is 14.8 Å². The van der Waals surface area contributed by atoms with E-state index in [1.54, 1.807) is 7.11 Å². The standard InChI is InChI=1S/C14H18N2O3/c1-11-5-3-4-6-12(11)13(9-15)16-14(17)10-19-8-7-18-2/h3-6,13H,7-8,10H2,1-2H3,(H,16,17)/t13-/m0/s1. The van der Waals surface area contributed by atoms with Crippen LogP contribution in [0.4, 0.5) is 0 Å². The molecule has 102 valence electrons. The number of hydrogen-bond donors (Lipinski definition) is 1. The van der Waals surface area contributed by atoms with Gasteiger partial charge in [0, 0.05) is 7.11 Å². The molecular weight excluding hydrogens is 244 g/mol. The molecule has 1 amide bonds. The highest BCUT2D eigenvalue weighted by molar-refractivity contribution is 5.78. The molecule has 5 heteroatoms. The molecule has 0 bridgehead atoms. The van der Waals surface area contributed by atoms with Crippen molar-refractivity contribution in [3.05, 3.63) is 35.4 Å². The maximum absolute atomic E-state index is 11.6. The highest BCUT2D eigenvalue weighted by Gasteiger charge is 2.15. The average Bonchev–Trinajstić information content (AvgIpc) is 2.42. The maximum atomic E-state index is 11.6. The van der Waals surface area contributed by atoms with Crippen molar-refractivity contribution in [2.75, 3.05) is 26.9 Å². The molecule has 1 aromatic rings. The van der Waals surface area contributed by atoms with Crippen LogP contribution in [0.1, 0.15) is 17.2 Å². The molecule has 0 saturated carbocycles. The smallest absolute Gasteiger partial charge is 0.247 e. The van der Waals surface area contributed by atoms with E-state index in [1.165, 1.54) is 0 Å². The third-order valence-electron chi connectivity index (χ3n) is 2.60. The van der Waals surface area contributed by atoms with Crippen LogP contribution in [0, 0.1) is 18.3 Å². The number of hydrogen-bond acceptors (Lipinski definition) is 4. The first kappa shape index (κ1) is 15.2. The summed E-state index contributed by atoms with van der Waals surface area (Å²) in [7, 11) is 1.56. The van der Waals surface area contributed by atoms with Crippen molar-refractivity contribution >= 4 is 5.91 Å². The van der Waals surface area contributed by atoms with Gasteiger partial charge >= 0.3 is 0 Å². The summed E-state index contributed by atoms with van der Waals surface area (Å²) in [6.45, 7) is 2.62. The summed E-state index contributed by atoms with van der Waals surface area (Å²) < 4.78 is 9.90. The molecule has 0 radical (unpaired) electrons. The van der Waals surface area contributed by atoms with Crippen molar-refractivity contribution in [3.8, 4) is 6.07 Å². The minimum atomic E-state index is -0.653. The molecular formula is C14H18N2O3. The van der Waals surface area contributed by atoms with Gasteiger partial charge in [-0.2, -0.15) is 5.26 Å². The van der Waals surface area contributed by atoms with Gasteiger partial charge in [-0.15, -0.1) is 0 Å². The van der Waals surface area contributed by atoms with E-state index in [2.05, 4.69) is 11.4 Å². The van der Waals surface area contributed by atoms with Crippen molar-refractivity contribution in [3.63, 3.8) is 0 Å². The summed E-state index contributed by atoms with van der Waals surface area (Å²) in [6.07, 6.45) is 0. The molecule has 1 rings (SSSR count). The van der Waals surface area contributed by atoms with Gasteiger partial charge in [-0.3, -0.25) is 4.79 Å². The number of amides is 1. The summed E-state index contributed by atoms with van der Waals surface area (Å²) >= 11 is 0. The van der Waals surface area contributed by atoms with Crippen LogP contribution in [0.25, 0.3) is 0 Å². The lowest BCUT2D eigenvalue weighted by molar-refractivity contribution is -0.126. The Kier molecular flexibility index (Phi) is 6.58. The first-order chi connectivity index (χ1) is 9.19. The minimum absolute atomic E-state index is 0.0760. The van der Waals surface area contributed by atoms with Gasteiger partial charge in [-0.25, -0.2) is 0 Å². The lowest BCUT2D eigenvalue weighted by Crippen LogP contribution is -2.31. The van der Waals surface area contributed by atoms with Crippen LogP contribution in [0.2, 0.25) is 0 Å². The van der Waals surface area contributed by atoms with Crippen LogP contribution in [0.3, 0.4) is 0 Å². The summed E-state index contributed by atoms with van der Waals surface area (Å²) in [6, 6.07) is 8.89. The molecule has 5 nitrogen and oxygen atoms in total. The molecule has 0 fully saturated rings. The number of aryl methyl sites for hydroxylation is 1. The monoisotopic (exact) mass is 262 g/mol. The number of rotatable bonds is 7. The van der Waals surface area contributed by atoms with Crippen LogP contribution in [-0.2, 0) is 14.3 Å². The minimum Gasteiger partial charge on any atom is -0.382 e. The Balaban J connectivity index is 2.52. The van der Waals surface area contributed by atoms with E-state index in [1.807, 2.05) is 31.2 Å². The fourth-order valence-corrected chi connectivity index (χ4v) is 1.60. The van der Waals surface area contributed by atoms with Gasteiger partial charge in [-0.1, -0.05) is 24.3 Å². The van der Waals surface area contributed by atoms with Gasteiger partial charge in [0.15, 0.2) is 0 Å². The van der Waals surface area contributed by atoms with Crippen LogP contribution in [-0.4, -0.2) is 32.8 Å². The SMILES string of the molecule is COCCOCC(=O)N[C@@H](C#N)c1ccccc1C. The zero-order valence-electron chi connectivity index (χ0n) is 11.2. The van der Waals surface area contributed by atoms with Crippen molar-refractivity contribution in [2.24, 2.45) is 0 Å². The van der Waals surface area contributed by atoms with Crippen molar-refractivity contribution in [1.29, 1.82) is 5.26 Å².